The fourth-order valence-corrected chi connectivity index (χ4v) is 3.53. The highest BCUT2D eigenvalue weighted by Gasteiger charge is 2.20. The summed E-state index contributed by atoms with van der Waals surface area (Å²) in [5.74, 6) is 0.978. The van der Waals surface area contributed by atoms with E-state index in [0.29, 0.717) is 0 Å². The summed E-state index contributed by atoms with van der Waals surface area (Å²) in [5, 5.41) is 0.735. The first kappa shape index (κ1) is 17.6. The second-order valence-corrected chi connectivity index (χ2v) is 6.96. The third-order valence-electron chi connectivity index (χ3n) is 4.61. The first-order valence-electron chi connectivity index (χ1n) is 9.25. The highest BCUT2D eigenvalue weighted by Crippen LogP contribution is 2.36. The van der Waals surface area contributed by atoms with Crippen molar-refractivity contribution in [3.8, 4) is 33.9 Å². The number of nitrogens with zero attached hydrogens (tertiary/aromatic N) is 2. The third-order valence-corrected chi connectivity index (χ3v) is 4.86. The van der Waals surface area contributed by atoms with Crippen molar-refractivity contribution in [3.63, 3.8) is 0 Å². The number of aromatic nitrogens is 2. The topological polar surface area (TPSA) is 17.8 Å². The molecule has 27 heavy (non-hydrogen) atoms. The Morgan fingerprint density at radius 2 is 1.33 bits per heavy atom. The van der Waals surface area contributed by atoms with Gasteiger partial charge < -0.3 is 4.57 Å². The highest BCUT2D eigenvalue weighted by molar-refractivity contribution is 6.30. The third kappa shape index (κ3) is 3.54. The lowest BCUT2D eigenvalue weighted by atomic mass is 10.0. The molecule has 134 valence electrons. The number of hydrogen-bond acceptors (Lipinski definition) is 1. The van der Waals surface area contributed by atoms with Crippen molar-refractivity contribution in [2.75, 3.05) is 0 Å². The summed E-state index contributed by atoms with van der Waals surface area (Å²) in [7, 11) is 0. The van der Waals surface area contributed by atoms with Gasteiger partial charge in [0.05, 0.1) is 11.4 Å². The van der Waals surface area contributed by atoms with Gasteiger partial charge >= 0.3 is 0 Å². The maximum absolute atomic E-state index is 6.10. The van der Waals surface area contributed by atoms with Crippen molar-refractivity contribution in [3.05, 3.63) is 90.0 Å². The lowest BCUT2D eigenvalue weighted by molar-refractivity contribution is 0.691. The molecule has 0 unspecified atom stereocenters. The minimum Gasteiger partial charge on any atom is -0.323 e. The van der Waals surface area contributed by atoms with E-state index in [-0.39, 0.29) is 0 Å². The van der Waals surface area contributed by atoms with E-state index < -0.39 is 0 Å². The van der Waals surface area contributed by atoms with Crippen LogP contribution in [-0.4, -0.2) is 9.55 Å². The summed E-state index contributed by atoms with van der Waals surface area (Å²) in [4.78, 5) is 5.10. The number of benzene rings is 3. The van der Waals surface area contributed by atoms with Crippen molar-refractivity contribution < 1.29 is 0 Å². The summed E-state index contributed by atoms with van der Waals surface area (Å²) in [6.07, 6.45) is 1.03. The molecule has 3 heteroatoms. The van der Waals surface area contributed by atoms with Gasteiger partial charge in [0.1, 0.15) is 5.82 Å². The van der Waals surface area contributed by atoms with E-state index in [9.17, 15) is 0 Å². The van der Waals surface area contributed by atoms with Crippen molar-refractivity contribution in [2.24, 2.45) is 0 Å². The van der Waals surface area contributed by atoms with Crippen LogP contribution in [0.4, 0.5) is 0 Å². The minimum absolute atomic E-state index is 0.735. The summed E-state index contributed by atoms with van der Waals surface area (Å²) in [6.45, 7) is 3.10. The molecule has 3 aromatic carbocycles. The predicted molar refractivity (Wildman–Crippen MR) is 114 cm³/mol. The van der Waals surface area contributed by atoms with Gasteiger partial charge in [-0.15, -0.1) is 0 Å². The molecule has 4 rings (SSSR count). The Balaban J connectivity index is 2.00. The maximum atomic E-state index is 6.10. The van der Waals surface area contributed by atoms with Gasteiger partial charge in [-0.05, 0) is 30.7 Å². The van der Waals surface area contributed by atoms with Crippen LogP contribution in [0.25, 0.3) is 33.9 Å². The molecule has 0 N–H and O–H groups in total. The summed E-state index contributed by atoms with van der Waals surface area (Å²) >= 11 is 6.10. The van der Waals surface area contributed by atoms with E-state index >= 15 is 0 Å². The molecule has 0 bridgehead atoms. The minimum atomic E-state index is 0.735. The zero-order valence-corrected chi connectivity index (χ0v) is 16.0. The second-order valence-electron chi connectivity index (χ2n) is 6.52. The van der Waals surface area contributed by atoms with Crippen LogP contribution in [0, 0.1) is 0 Å². The van der Waals surface area contributed by atoms with E-state index in [0.717, 1.165) is 46.3 Å². The van der Waals surface area contributed by atoms with E-state index in [1.807, 2.05) is 36.4 Å². The van der Waals surface area contributed by atoms with Crippen LogP contribution in [0.2, 0.25) is 5.02 Å². The van der Waals surface area contributed by atoms with Crippen LogP contribution in [0.3, 0.4) is 0 Å². The van der Waals surface area contributed by atoms with Crippen molar-refractivity contribution in [1.82, 2.24) is 9.55 Å². The van der Waals surface area contributed by atoms with Crippen LogP contribution in [0.5, 0.6) is 0 Å². The molecule has 0 atom stereocenters. The lowest BCUT2D eigenvalue weighted by Crippen LogP contribution is -2.02. The number of halogens is 1. The Hall–Kier alpha value is -2.84. The predicted octanol–water partition coefficient (Wildman–Crippen LogP) is 6.95. The van der Waals surface area contributed by atoms with E-state index in [1.54, 1.807) is 0 Å². The lowest BCUT2D eigenvalue weighted by Gasteiger charge is -2.12. The summed E-state index contributed by atoms with van der Waals surface area (Å²) < 4.78 is 2.33. The molecule has 0 aliphatic carbocycles. The van der Waals surface area contributed by atoms with Gasteiger partial charge in [-0.1, -0.05) is 79.2 Å². The highest BCUT2D eigenvalue weighted by atomic mass is 35.5. The monoisotopic (exact) mass is 372 g/mol. The van der Waals surface area contributed by atoms with E-state index in [4.69, 9.17) is 16.6 Å². The van der Waals surface area contributed by atoms with Crippen LogP contribution in [0.15, 0.2) is 84.9 Å². The standard InChI is InChI=1S/C24H21ClN2/c1-2-17-27-23(19-11-7-4-8-12-19)22(18-9-5-3-6-10-18)26-24(27)20-13-15-21(25)16-14-20/h3-16H,2,17H2,1H3. The Morgan fingerprint density at radius 1 is 0.741 bits per heavy atom. The molecule has 0 aliphatic heterocycles. The Kier molecular flexibility index (Phi) is 5.08. The fraction of sp³-hybridized carbons (Fsp3) is 0.125. The molecule has 0 aliphatic rings. The maximum Gasteiger partial charge on any atom is 0.141 e. The van der Waals surface area contributed by atoms with Crippen LogP contribution < -0.4 is 0 Å². The Morgan fingerprint density at radius 3 is 1.93 bits per heavy atom. The molecular formula is C24H21ClN2. The molecule has 0 saturated heterocycles. The van der Waals surface area contributed by atoms with Gasteiger partial charge in [-0.25, -0.2) is 4.98 Å². The van der Waals surface area contributed by atoms with Crippen LogP contribution in [-0.2, 0) is 6.54 Å². The molecule has 1 aromatic heterocycles. The fourth-order valence-electron chi connectivity index (χ4n) is 3.40. The SMILES string of the molecule is CCCn1c(-c2ccc(Cl)cc2)nc(-c2ccccc2)c1-c1ccccc1. The molecular weight excluding hydrogens is 352 g/mol. The molecule has 4 aromatic rings. The van der Waals surface area contributed by atoms with Gasteiger partial charge in [0.25, 0.3) is 0 Å². The quantitative estimate of drug-likeness (QED) is 0.370. The number of hydrogen-bond donors (Lipinski definition) is 0. The zero-order chi connectivity index (χ0) is 18.6. The molecule has 2 nitrogen and oxygen atoms in total. The number of rotatable bonds is 5. The largest absolute Gasteiger partial charge is 0.323 e. The van der Waals surface area contributed by atoms with Crippen LogP contribution in [0.1, 0.15) is 13.3 Å². The molecule has 0 saturated carbocycles. The van der Waals surface area contributed by atoms with Gasteiger partial charge in [-0.3, -0.25) is 0 Å². The van der Waals surface area contributed by atoms with E-state index in [2.05, 4.69) is 60.0 Å². The smallest absolute Gasteiger partial charge is 0.141 e. The average molecular weight is 373 g/mol. The first-order chi connectivity index (χ1) is 13.3. The Bertz CT molecular complexity index is 1020. The summed E-state index contributed by atoms with van der Waals surface area (Å²) in [6, 6.07) is 28.8. The van der Waals surface area contributed by atoms with Crippen molar-refractivity contribution in [1.29, 1.82) is 0 Å². The molecule has 0 radical (unpaired) electrons. The van der Waals surface area contributed by atoms with E-state index in [1.165, 1.54) is 5.56 Å². The van der Waals surface area contributed by atoms with Crippen molar-refractivity contribution >= 4 is 11.6 Å². The van der Waals surface area contributed by atoms with Gasteiger partial charge in [-0.2, -0.15) is 0 Å². The zero-order valence-electron chi connectivity index (χ0n) is 15.3. The number of imidazole rings is 1. The van der Waals surface area contributed by atoms with Crippen molar-refractivity contribution in [2.45, 2.75) is 19.9 Å². The van der Waals surface area contributed by atoms with Gasteiger partial charge in [0.15, 0.2) is 0 Å². The molecule has 0 amide bonds. The molecule has 0 fully saturated rings. The van der Waals surface area contributed by atoms with Crippen LogP contribution >= 0.6 is 11.6 Å². The molecule has 1 heterocycles. The second kappa shape index (κ2) is 7.81. The van der Waals surface area contributed by atoms with Gasteiger partial charge in [0.2, 0.25) is 0 Å². The molecule has 0 spiro atoms. The first-order valence-corrected chi connectivity index (χ1v) is 9.63. The summed E-state index contributed by atoms with van der Waals surface area (Å²) in [5.41, 5.74) is 5.56. The Labute approximate surface area is 165 Å². The average Bonchev–Trinajstić information content (AvgIpc) is 3.09. The van der Waals surface area contributed by atoms with Gasteiger partial charge in [0, 0.05) is 28.3 Å². The normalized spacial score (nSPS) is 10.9.